The summed E-state index contributed by atoms with van der Waals surface area (Å²) in [5.41, 5.74) is 0.125. The highest BCUT2D eigenvalue weighted by molar-refractivity contribution is 9.10. The molecule has 0 saturated carbocycles. The molecule has 1 aromatic heterocycles. The van der Waals surface area contributed by atoms with Crippen LogP contribution in [-0.2, 0) is 6.42 Å². The molecule has 11 heteroatoms. The minimum Gasteiger partial charge on any atom is -0.493 e. The quantitative estimate of drug-likeness (QED) is 0.261. The van der Waals surface area contributed by atoms with Crippen LogP contribution in [0.4, 0.5) is 5.69 Å². The first-order valence-corrected chi connectivity index (χ1v) is 10.3. The topological polar surface area (TPSA) is 133 Å². The second kappa shape index (κ2) is 10.0. The standard InChI is InChI=1S/C21H18BrN5O5/c1-3-4-19-25-16-6-5-14(22)11-15(16)21(28)26(19)24-12-13-9-17(27(29)30)20(32-8-7-23)18(10-13)31-2/h5-6,9-12H,3-4,8H2,1-2H3. The molecule has 0 aliphatic carbocycles. The predicted molar refractivity (Wildman–Crippen MR) is 121 cm³/mol. The molecule has 0 bridgehead atoms. The summed E-state index contributed by atoms with van der Waals surface area (Å²) in [6.45, 7) is 1.58. The average molecular weight is 500 g/mol. The molecule has 10 nitrogen and oxygen atoms in total. The Kier molecular flexibility index (Phi) is 7.17. The first-order valence-electron chi connectivity index (χ1n) is 9.51. The summed E-state index contributed by atoms with van der Waals surface area (Å²) in [5, 5.41) is 24.9. The lowest BCUT2D eigenvalue weighted by molar-refractivity contribution is -0.385. The van der Waals surface area contributed by atoms with E-state index in [0.717, 1.165) is 10.9 Å². The third-order valence-corrected chi connectivity index (χ3v) is 4.92. The van der Waals surface area contributed by atoms with Crippen LogP contribution < -0.4 is 15.0 Å². The van der Waals surface area contributed by atoms with Gasteiger partial charge in [-0.1, -0.05) is 22.9 Å². The average Bonchev–Trinajstić information content (AvgIpc) is 2.77. The summed E-state index contributed by atoms with van der Waals surface area (Å²) >= 11 is 3.35. The number of rotatable bonds is 8. The number of nitro groups is 1. The van der Waals surface area contributed by atoms with Gasteiger partial charge in [0, 0.05) is 22.5 Å². The van der Waals surface area contributed by atoms with Crippen LogP contribution in [-0.4, -0.2) is 34.5 Å². The highest BCUT2D eigenvalue weighted by Gasteiger charge is 2.22. The molecule has 0 spiro atoms. The van der Waals surface area contributed by atoms with E-state index in [4.69, 9.17) is 14.7 Å². The summed E-state index contributed by atoms with van der Waals surface area (Å²) in [5.74, 6) is 0.383. The van der Waals surface area contributed by atoms with Crippen molar-refractivity contribution < 1.29 is 14.4 Å². The number of fused-ring (bicyclic) bond motifs is 1. The third kappa shape index (κ3) is 4.76. The molecule has 0 aliphatic rings. The molecule has 32 heavy (non-hydrogen) atoms. The second-order valence-corrected chi connectivity index (χ2v) is 7.49. The van der Waals surface area contributed by atoms with Gasteiger partial charge in [-0.2, -0.15) is 15.0 Å². The predicted octanol–water partition coefficient (Wildman–Crippen LogP) is 3.81. The lowest BCUT2D eigenvalue weighted by atomic mass is 10.2. The number of benzene rings is 2. The second-order valence-electron chi connectivity index (χ2n) is 6.58. The van der Waals surface area contributed by atoms with Gasteiger partial charge in [0.05, 0.1) is 29.2 Å². The van der Waals surface area contributed by atoms with Crippen LogP contribution in [0.2, 0.25) is 0 Å². The molecule has 0 radical (unpaired) electrons. The van der Waals surface area contributed by atoms with Crippen molar-refractivity contribution in [2.75, 3.05) is 13.7 Å². The molecule has 3 rings (SSSR count). The summed E-state index contributed by atoms with van der Waals surface area (Å²) in [6.07, 6.45) is 2.58. The Hall–Kier alpha value is -3.78. The Bertz CT molecular complexity index is 1310. The van der Waals surface area contributed by atoms with Gasteiger partial charge in [0.1, 0.15) is 11.9 Å². The van der Waals surface area contributed by atoms with E-state index in [0.29, 0.717) is 28.7 Å². The highest BCUT2D eigenvalue weighted by Crippen LogP contribution is 2.38. The minimum atomic E-state index is -0.643. The number of halogens is 1. The van der Waals surface area contributed by atoms with E-state index >= 15 is 0 Å². The van der Waals surface area contributed by atoms with Crippen molar-refractivity contribution in [1.82, 2.24) is 9.66 Å². The normalized spacial score (nSPS) is 10.9. The smallest absolute Gasteiger partial charge is 0.315 e. The lowest BCUT2D eigenvalue weighted by Crippen LogP contribution is -2.22. The minimum absolute atomic E-state index is 0.0672. The molecule has 164 valence electrons. The lowest BCUT2D eigenvalue weighted by Gasteiger charge is -2.10. The van der Waals surface area contributed by atoms with Crippen molar-refractivity contribution in [3.63, 3.8) is 0 Å². The summed E-state index contributed by atoms with van der Waals surface area (Å²) < 4.78 is 12.3. The molecule has 0 atom stereocenters. The van der Waals surface area contributed by atoms with Crippen molar-refractivity contribution in [2.45, 2.75) is 19.8 Å². The Balaban J connectivity index is 2.14. The highest BCUT2D eigenvalue weighted by atomic mass is 79.9. The van der Waals surface area contributed by atoms with E-state index in [2.05, 4.69) is 26.0 Å². The molecule has 2 aromatic carbocycles. The van der Waals surface area contributed by atoms with Gasteiger partial charge in [-0.3, -0.25) is 14.9 Å². The molecule has 1 heterocycles. The fourth-order valence-corrected chi connectivity index (χ4v) is 3.40. The Morgan fingerprint density at radius 2 is 2.16 bits per heavy atom. The van der Waals surface area contributed by atoms with E-state index in [9.17, 15) is 14.9 Å². The molecule has 0 amide bonds. The molecule has 0 fully saturated rings. The number of nitro benzene ring substituents is 1. The number of ether oxygens (including phenoxy) is 2. The van der Waals surface area contributed by atoms with E-state index in [1.54, 1.807) is 24.3 Å². The van der Waals surface area contributed by atoms with E-state index in [-0.39, 0.29) is 29.4 Å². The maximum atomic E-state index is 13.1. The van der Waals surface area contributed by atoms with Gasteiger partial charge < -0.3 is 9.47 Å². The van der Waals surface area contributed by atoms with E-state index < -0.39 is 4.92 Å². The van der Waals surface area contributed by atoms with Gasteiger partial charge in [-0.25, -0.2) is 4.98 Å². The maximum Gasteiger partial charge on any atom is 0.315 e. The van der Waals surface area contributed by atoms with Crippen LogP contribution >= 0.6 is 15.9 Å². The number of nitrogens with zero attached hydrogens (tertiary/aromatic N) is 5. The van der Waals surface area contributed by atoms with Gasteiger partial charge in [0.2, 0.25) is 5.75 Å². The molecule has 0 unspecified atom stereocenters. The van der Waals surface area contributed by atoms with Crippen molar-refractivity contribution in [2.24, 2.45) is 5.10 Å². The first-order chi connectivity index (χ1) is 15.4. The SMILES string of the molecule is CCCc1nc2ccc(Br)cc2c(=O)n1N=Cc1cc(OC)c(OCC#N)c([N+](=O)[O-])c1. The van der Waals surface area contributed by atoms with Crippen molar-refractivity contribution in [1.29, 1.82) is 5.26 Å². The molecule has 0 aliphatic heterocycles. The molecule has 3 aromatic rings. The molecule has 0 saturated heterocycles. The zero-order valence-corrected chi connectivity index (χ0v) is 18.8. The van der Waals surface area contributed by atoms with Crippen LogP contribution in [0.3, 0.4) is 0 Å². The Morgan fingerprint density at radius 3 is 2.81 bits per heavy atom. The number of aryl methyl sites for hydroxylation is 1. The van der Waals surface area contributed by atoms with Crippen LogP contribution in [0.1, 0.15) is 24.7 Å². The Morgan fingerprint density at radius 1 is 1.38 bits per heavy atom. The fraction of sp³-hybridized carbons (Fsp3) is 0.238. The first kappa shape index (κ1) is 22.9. The number of hydrogen-bond donors (Lipinski definition) is 0. The van der Waals surface area contributed by atoms with Crippen LogP contribution in [0, 0.1) is 21.4 Å². The number of hydrogen-bond acceptors (Lipinski definition) is 8. The monoisotopic (exact) mass is 499 g/mol. The molecular weight excluding hydrogens is 482 g/mol. The van der Waals surface area contributed by atoms with Crippen LogP contribution in [0.25, 0.3) is 10.9 Å². The molecular formula is C21H18BrN5O5. The summed E-state index contributed by atoms with van der Waals surface area (Å²) in [7, 11) is 1.33. The van der Waals surface area contributed by atoms with Gasteiger partial charge >= 0.3 is 5.69 Å². The summed E-state index contributed by atoms with van der Waals surface area (Å²) in [6, 6.07) is 9.69. The van der Waals surface area contributed by atoms with Crippen LogP contribution in [0.5, 0.6) is 11.5 Å². The maximum absolute atomic E-state index is 13.1. The van der Waals surface area contributed by atoms with Crippen molar-refractivity contribution in [3.8, 4) is 17.6 Å². The summed E-state index contributed by atoms with van der Waals surface area (Å²) in [4.78, 5) is 28.5. The van der Waals surface area contributed by atoms with Crippen LogP contribution in [0.15, 0.2) is 44.7 Å². The van der Waals surface area contributed by atoms with Gasteiger partial charge in [-0.15, -0.1) is 0 Å². The van der Waals surface area contributed by atoms with Gasteiger partial charge in [0.25, 0.3) is 5.56 Å². The fourth-order valence-electron chi connectivity index (χ4n) is 3.04. The van der Waals surface area contributed by atoms with Gasteiger partial charge in [-0.05, 0) is 30.7 Å². The number of methoxy groups -OCH3 is 1. The number of aromatic nitrogens is 2. The number of nitriles is 1. The largest absolute Gasteiger partial charge is 0.493 e. The zero-order valence-electron chi connectivity index (χ0n) is 17.2. The molecule has 0 N–H and O–H groups in total. The zero-order chi connectivity index (χ0) is 23.3. The van der Waals surface area contributed by atoms with Gasteiger partial charge in [0.15, 0.2) is 12.4 Å². The van der Waals surface area contributed by atoms with Crippen molar-refractivity contribution >= 4 is 38.7 Å². The van der Waals surface area contributed by atoms with E-state index in [1.165, 1.54) is 30.1 Å². The van der Waals surface area contributed by atoms with E-state index in [1.807, 2.05) is 6.92 Å². The Labute approximate surface area is 191 Å². The van der Waals surface area contributed by atoms with Crippen molar-refractivity contribution in [3.05, 3.63) is 66.7 Å². The third-order valence-electron chi connectivity index (χ3n) is 4.43.